The topological polar surface area (TPSA) is 88.2 Å². The third-order valence-electron chi connectivity index (χ3n) is 4.58. The molecule has 7 nitrogen and oxygen atoms in total. The van der Waals surface area contributed by atoms with Gasteiger partial charge in [0.05, 0.1) is 28.2 Å². The van der Waals surface area contributed by atoms with E-state index in [2.05, 4.69) is 26.1 Å². The Bertz CT molecular complexity index is 1190. The van der Waals surface area contributed by atoms with E-state index in [0.717, 1.165) is 31.0 Å². The molecule has 2 heterocycles. The molecule has 1 aliphatic carbocycles. The molecule has 1 amide bonds. The van der Waals surface area contributed by atoms with Crippen LogP contribution in [0, 0.1) is 11.7 Å². The van der Waals surface area contributed by atoms with Crippen LogP contribution >= 0.6 is 11.6 Å². The first-order valence-electron chi connectivity index (χ1n) is 9.68. The normalized spacial score (nSPS) is 13.4. The number of benzene rings is 1. The van der Waals surface area contributed by atoms with Crippen LogP contribution in [0.15, 0.2) is 48.8 Å². The fourth-order valence-corrected chi connectivity index (χ4v) is 2.99. The van der Waals surface area contributed by atoms with Gasteiger partial charge in [-0.25, -0.2) is 14.4 Å². The van der Waals surface area contributed by atoms with Crippen LogP contribution in [0.4, 0.5) is 34.8 Å². The predicted octanol–water partition coefficient (Wildman–Crippen LogP) is 5.87. The summed E-state index contributed by atoms with van der Waals surface area (Å²) < 4.78 is 58.8. The number of halogens is 5. The van der Waals surface area contributed by atoms with Crippen molar-refractivity contribution in [2.24, 2.45) is 5.92 Å². The molecule has 4 rings (SSSR count). The summed E-state index contributed by atoms with van der Waals surface area (Å²) in [7, 11) is 0. The smallest absolute Gasteiger partial charge is 0.417 e. The van der Waals surface area contributed by atoms with Gasteiger partial charge in [0.2, 0.25) is 5.91 Å². The van der Waals surface area contributed by atoms with E-state index >= 15 is 0 Å². The van der Waals surface area contributed by atoms with E-state index in [1.54, 1.807) is 0 Å². The second-order valence-corrected chi connectivity index (χ2v) is 7.60. The van der Waals surface area contributed by atoms with E-state index in [-0.39, 0.29) is 40.6 Å². The van der Waals surface area contributed by atoms with E-state index < -0.39 is 22.6 Å². The number of nitrogens with one attached hydrogen (secondary N) is 3. The Balaban J connectivity index is 1.40. The maximum atomic E-state index is 14.5. The maximum absolute atomic E-state index is 14.5. The number of amides is 1. The summed E-state index contributed by atoms with van der Waals surface area (Å²) >= 11 is 5.59. The Labute approximate surface area is 190 Å². The zero-order chi connectivity index (χ0) is 23.6. The Hall–Kier alpha value is -3.60. The van der Waals surface area contributed by atoms with E-state index in [0.29, 0.717) is 0 Å². The summed E-state index contributed by atoms with van der Waals surface area (Å²) in [6.07, 6.45) is -0.309. The molecular formula is C21H16ClF4N5O2. The van der Waals surface area contributed by atoms with Crippen molar-refractivity contribution >= 4 is 34.7 Å². The van der Waals surface area contributed by atoms with E-state index in [1.165, 1.54) is 30.6 Å². The van der Waals surface area contributed by atoms with E-state index in [1.807, 2.05) is 0 Å². The number of hydrogen-bond donors (Lipinski definition) is 3. The molecule has 2 aromatic heterocycles. The second kappa shape index (κ2) is 9.10. The summed E-state index contributed by atoms with van der Waals surface area (Å²) in [6, 6.07) is 7.20. The maximum Gasteiger partial charge on any atom is 0.417 e. The molecule has 1 aromatic carbocycles. The molecule has 0 atom stereocenters. The van der Waals surface area contributed by atoms with Crippen molar-refractivity contribution in [3.8, 4) is 11.6 Å². The first-order valence-corrected chi connectivity index (χ1v) is 10.1. The summed E-state index contributed by atoms with van der Waals surface area (Å²) in [5.41, 5.74) is 4.28. The van der Waals surface area contributed by atoms with Crippen molar-refractivity contribution < 1.29 is 27.1 Å². The van der Waals surface area contributed by atoms with Crippen molar-refractivity contribution in [1.82, 2.24) is 9.97 Å². The van der Waals surface area contributed by atoms with Crippen LogP contribution < -0.4 is 20.9 Å². The highest BCUT2D eigenvalue weighted by molar-refractivity contribution is 6.31. The number of hydrogen-bond acceptors (Lipinski definition) is 6. The monoisotopic (exact) mass is 481 g/mol. The standard InChI is InChI=1S/C21H16ClF4N5O2/c22-16-4-3-12(7-15(16)21(24,25)26)30-31-13-8-17(23)20(28-10-13)33-14-5-6-27-18(9-14)29-19(32)11-1-2-11/h3-11,30-31H,1-2H2,(H,27,29,32). The van der Waals surface area contributed by atoms with Gasteiger partial charge in [-0.2, -0.15) is 13.2 Å². The van der Waals surface area contributed by atoms with Gasteiger partial charge >= 0.3 is 6.18 Å². The summed E-state index contributed by atoms with van der Waals surface area (Å²) in [5.74, 6) is -0.811. The van der Waals surface area contributed by atoms with Crippen molar-refractivity contribution in [3.05, 3.63) is 65.2 Å². The molecule has 3 aromatic rings. The van der Waals surface area contributed by atoms with Crippen LogP contribution in [0.25, 0.3) is 0 Å². The lowest BCUT2D eigenvalue weighted by atomic mass is 10.2. The van der Waals surface area contributed by atoms with E-state index in [9.17, 15) is 22.4 Å². The van der Waals surface area contributed by atoms with Gasteiger partial charge in [0.25, 0.3) is 5.88 Å². The first kappa shape index (κ1) is 22.6. The van der Waals surface area contributed by atoms with Crippen LogP contribution in [-0.4, -0.2) is 15.9 Å². The van der Waals surface area contributed by atoms with Crippen molar-refractivity contribution in [2.75, 3.05) is 16.2 Å². The number of carbonyl (C=O) groups excluding carboxylic acids is 1. The zero-order valence-electron chi connectivity index (χ0n) is 16.7. The molecule has 1 saturated carbocycles. The molecule has 3 N–H and O–H groups in total. The SMILES string of the molecule is O=C(Nc1cc(Oc2ncc(NNc3ccc(Cl)c(C(F)(F)F)c3)cc2F)ccn1)C1CC1. The second-order valence-electron chi connectivity index (χ2n) is 7.20. The minimum Gasteiger partial charge on any atom is -0.436 e. The number of carbonyl (C=O) groups is 1. The Morgan fingerprint density at radius 1 is 1.06 bits per heavy atom. The minimum absolute atomic E-state index is 0.00272. The number of hydrazine groups is 1. The van der Waals surface area contributed by atoms with Crippen molar-refractivity contribution in [1.29, 1.82) is 0 Å². The number of alkyl halides is 3. The number of ether oxygens (including phenoxy) is 1. The van der Waals surface area contributed by atoms with Crippen LogP contribution in [0.2, 0.25) is 5.02 Å². The molecule has 0 radical (unpaired) electrons. The average Bonchev–Trinajstić information content (AvgIpc) is 3.60. The molecule has 0 spiro atoms. The molecular weight excluding hydrogens is 466 g/mol. The minimum atomic E-state index is -4.62. The fourth-order valence-electron chi connectivity index (χ4n) is 2.76. The number of nitrogens with zero attached hydrogens (tertiary/aromatic N) is 2. The van der Waals surface area contributed by atoms with Crippen LogP contribution in [-0.2, 0) is 11.0 Å². The Morgan fingerprint density at radius 2 is 1.82 bits per heavy atom. The predicted molar refractivity (Wildman–Crippen MR) is 114 cm³/mol. The van der Waals surface area contributed by atoms with Gasteiger partial charge in [0, 0.05) is 24.2 Å². The number of rotatable bonds is 7. The van der Waals surface area contributed by atoms with Crippen LogP contribution in [0.5, 0.6) is 11.6 Å². The number of anilines is 3. The quantitative estimate of drug-likeness (QED) is 0.289. The molecule has 172 valence electrons. The third kappa shape index (κ3) is 5.80. The average molecular weight is 482 g/mol. The highest BCUT2D eigenvalue weighted by atomic mass is 35.5. The lowest BCUT2D eigenvalue weighted by molar-refractivity contribution is -0.137. The van der Waals surface area contributed by atoms with Gasteiger partial charge in [-0.1, -0.05) is 11.6 Å². The summed E-state index contributed by atoms with van der Waals surface area (Å²) in [6.45, 7) is 0. The highest BCUT2D eigenvalue weighted by Gasteiger charge is 2.33. The molecule has 0 saturated heterocycles. The molecule has 1 aliphatic rings. The zero-order valence-corrected chi connectivity index (χ0v) is 17.5. The molecule has 1 fully saturated rings. The third-order valence-corrected chi connectivity index (χ3v) is 4.91. The van der Waals surface area contributed by atoms with Crippen LogP contribution in [0.1, 0.15) is 18.4 Å². The molecule has 0 aliphatic heterocycles. The van der Waals surface area contributed by atoms with Gasteiger partial charge in [-0.15, -0.1) is 0 Å². The van der Waals surface area contributed by atoms with Gasteiger partial charge in [-0.05, 0) is 37.1 Å². The van der Waals surface area contributed by atoms with Gasteiger partial charge in [0.15, 0.2) is 5.82 Å². The molecule has 12 heteroatoms. The molecule has 33 heavy (non-hydrogen) atoms. The van der Waals surface area contributed by atoms with Gasteiger partial charge in [0.1, 0.15) is 11.6 Å². The lowest BCUT2D eigenvalue weighted by Gasteiger charge is -2.14. The van der Waals surface area contributed by atoms with Gasteiger partial charge < -0.3 is 15.5 Å². The highest BCUT2D eigenvalue weighted by Crippen LogP contribution is 2.36. The first-order chi connectivity index (χ1) is 15.7. The van der Waals surface area contributed by atoms with E-state index in [4.69, 9.17) is 16.3 Å². The van der Waals surface area contributed by atoms with Crippen LogP contribution in [0.3, 0.4) is 0 Å². The van der Waals surface area contributed by atoms with Crippen molar-refractivity contribution in [2.45, 2.75) is 19.0 Å². The Kier molecular flexibility index (Phi) is 6.23. The fraction of sp³-hybridized carbons (Fsp3) is 0.190. The van der Waals surface area contributed by atoms with Crippen molar-refractivity contribution in [3.63, 3.8) is 0 Å². The molecule has 0 bridgehead atoms. The molecule has 0 unspecified atom stereocenters. The summed E-state index contributed by atoms with van der Waals surface area (Å²) in [4.78, 5) is 19.7. The largest absolute Gasteiger partial charge is 0.436 e. The number of aromatic nitrogens is 2. The summed E-state index contributed by atoms with van der Waals surface area (Å²) in [5, 5.41) is 2.23. The number of pyridine rings is 2. The van der Waals surface area contributed by atoms with Gasteiger partial charge in [-0.3, -0.25) is 10.2 Å². The lowest BCUT2D eigenvalue weighted by Crippen LogP contribution is -2.14. The Morgan fingerprint density at radius 3 is 2.52 bits per heavy atom.